The lowest BCUT2D eigenvalue weighted by atomic mass is 10.00. The Morgan fingerprint density at radius 2 is 1.81 bits per heavy atom. The molecule has 0 saturated carbocycles. The molecule has 0 aliphatic carbocycles. The quantitative estimate of drug-likeness (QED) is 0.490. The molecular formula is C22H24F2N2O. The van der Waals surface area contributed by atoms with Crippen molar-refractivity contribution < 1.29 is 13.5 Å². The number of benzene rings is 1. The highest BCUT2D eigenvalue weighted by Gasteiger charge is 2.19. The van der Waals surface area contributed by atoms with E-state index in [0.717, 1.165) is 22.9 Å². The summed E-state index contributed by atoms with van der Waals surface area (Å²) in [5.41, 5.74) is 2.10. The van der Waals surface area contributed by atoms with Crippen molar-refractivity contribution in [1.29, 1.82) is 0 Å². The molecule has 0 aliphatic heterocycles. The van der Waals surface area contributed by atoms with E-state index in [2.05, 4.69) is 30.7 Å². The van der Waals surface area contributed by atoms with Gasteiger partial charge in [-0.3, -0.25) is 4.98 Å². The third-order valence-electron chi connectivity index (χ3n) is 4.45. The molecule has 0 aliphatic rings. The number of halogens is 2. The molecule has 1 aromatic carbocycles. The van der Waals surface area contributed by atoms with Gasteiger partial charge in [-0.25, -0.2) is 13.8 Å². The fraction of sp³-hybridized carbons (Fsp3) is 0.364. The first-order chi connectivity index (χ1) is 13.0. The largest absolute Gasteiger partial charge is 0.477 e. The van der Waals surface area contributed by atoms with Crippen LogP contribution in [0.15, 0.2) is 48.8 Å². The normalized spacial score (nSPS) is 12.7. The van der Waals surface area contributed by atoms with Crippen LogP contribution in [0.25, 0.3) is 22.0 Å². The maximum atomic E-state index is 13.6. The summed E-state index contributed by atoms with van der Waals surface area (Å²) in [5, 5.41) is 0.904. The number of alkyl halides is 2. The van der Waals surface area contributed by atoms with Crippen LogP contribution in [0.2, 0.25) is 0 Å². The summed E-state index contributed by atoms with van der Waals surface area (Å²) in [6.45, 7) is 6.70. The Morgan fingerprint density at radius 1 is 1.04 bits per heavy atom. The predicted molar refractivity (Wildman–Crippen MR) is 104 cm³/mol. The SMILES string of the molecule is CC(C)CC(C)COc1ncc(-c2ccnc3ccccc23)cc1C(F)F. The van der Waals surface area contributed by atoms with Gasteiger partial charge >= 0.3 is 0 Å². The van der Waals surface area contributed by atoms with Gasteiger partial charge in [0, 0.05) is 23.3 Å². The van der Waals surface area contributed by atoms with Crippen molar-refractivity contribution in [2.24, 2.45) is 11.8 Å². The Bertz CT molecular complexity index is 906. The molecule has 2 aromatic heterocycles. The summed E-state index contributed by atoms with van der Waals surface area (Å²) in [7, 11) is 0. The van der Waals surface area contributed by atoms with E-state index in [1.165, 1.54) is 6.07 Å². The Labute approximate surface area is 158 Å². The minimum Gasteiger partial charge on any atom is -0.477 e. The zero-order valence-electron chi connectivity index (χ0n) is 15.8. The second-order valence-electron chi connectivity index (χ2n) is 7.34. The predicted octanol–water partition coefficient (Wildman–Crippen LogP) is 6.30. The Balaban J connectivity index is 1.91. The Morgan fingerprint density at radius 3 is 2.56 bits per heavy atom. The molecule has 27 heavy (non-hydrogen) atoms. The summed E-state index contributed by atoms with van der Waals surface area (Å²) in [6.07, 6.45) is 1.60. The number of ether oxygens (including phenoxy) is 1. The van der Waals surface area contributed by atoms with Gasteiger partial charge in [0.2, 0.25) is 5.88 Å². The number of hydrogen-bond donors (Lipinski definition) is 0. The van der Waals surface area contributed by atoms with Crippen LogP contribution in [0.3, 0.4) is 0 Å². The van der Waals surface area contributed by atoms with Crippen LogP contribution in [-0.4, -0.2) is 16.6 Å². The molecule has 0 saturated heterocycles. The summed E-state index contributed by atoms with van der Waals surface area (Å²) >= 11 is 0. The highest BCUT2D eigenvalue weighted by atomic mass is 19.3. The maximum absolute atomic E-state index is 13.6. The molecule has 5 heteroatoms. The van der Waals surface area contributed by atoms with E-state index in [1.807, 2.05) is 30.3 Å². The van der Waals surface area contributed by atoms with Gasteiger partial charge in [-0.1, -0.05) is 39.0 Å². The van der Waals surface area contributed by atoms with Gasteiger partial charge in [0.1, 0.15) is 0 Å². The van der Waals surface area contributed by atoms with Crippen molar-refractivity contribution in [2.45, 2.75) is 33.6 Å². The van der Waals surface area contributed by atoms with Crippen LogP contribution >= 0.6 is 0 Å². The lowest BCUT2D eigenvalue weighted by Gasteiger charge is -2.17. The van der Waals surface area contributed by atoms with E-state index in [9.17, 15) is 8.78 Å². The van der Waals surface area contributed by atoms with Crippen LogP contribution < -0.4 is 4.74 Å². The van der Waals surface area contributed by atoms with E-state index < -0.39 is 6.43 Å². The lowest BCUT2D eigenvalue weighted by molar-refractivity contribution is 0.140. The molecule has 0 N–H and O–H groups in total. The van der Waals surface area contributed by atoms with E-state index in [1.54, 1.807) is 12.4 Å². The first-order valence-corrected chi connectivity index (χ1v) is 9.20. The van der Waals surface area contributed by atoms with Gasteiger partial charge < -0.3 is 4.74 Å². The number of pyridine rings is 2. The zero-order chi connectivity index (χ0) is 19.4. The van der Waals surface area contributed by atoms with Crippen LogP contribution in [0.4, 0.5) is 8.78 Å². The zero-order valence-corrected chi connectivity index (χ0v) is 15.8. The first-order valence-electron chi connectivity index (χ1n) is 9.20. The standard InChI is InChI=1S/C22H24F2N2O/c1-14(2)10-15(3)13-27-22-19(21(23)24)11-16(12-26-22)17-8-9-25-20-7-5-4-6-18(17)20/h4-9,11-12,14-15,21H,10,13H2,1-3H3. The molecule has 3 nitrogen and oxygen atoms in total. The average molecular weight is 370 g/mol. The number of hydrogen-bond acceptors (Lipinski definition) is 3. The number of rotatable bonds is 7. The van der Waals surface area contributed by atoms with Gasteiger partial charge in [0.05, 0.1) is 17.7 Å². The fourth-order valence-electron chi connectivity index (χ4n) is 3.34. The molecule has 0 amide bonds. The molecule has 1 unspecified atom stereocenters. The molecule has 142 valence electrons. The average Bonchev–Trinajstić information content (AvgIpc) is 2.65. The molecule has 0 bridgehead atoms. The second kappa shape index (κ2) is 8.42. The molecule has 2 heterocycles. The summed E-state index contributed by atoms with van der Waals surface area (Å²) < 4.78 is 32.9. The monoisotopic (exact) mass is 370 g/mol. The molecule has 0 radical (unpaired) electrons. The number of fused-ring (bicyclic) bond motifs is 1. The molecule has 0 fully saturated rings. The molecule has 0 spiro atoms. The van der Waals surface area contributed by atoms with Gasteiger partial charge in [0.15, 0.2) is 0 Å². The minimum absolute atomic E-state index is 0.0164. The lowest BCUT2D eigenvalue weighted by Crippen LogP contribution is -2.12. The molecular weight excluding hydrogens is 346 g/mol. The number of nitrogens with zero attached hydrogens (tertiary/aromatic N) is 2. The Hall–Kier alpha value is -2.56. The summed E-state index contributed by atoms with van der Waals surface area (Å²) in [6, 6.07) is 10.9. The van der Waals surface area contributed by atoms with Crippen molar-refractivity contribution in [1.82, 2.24) is 9.97 Å². The van der Waals surface area contributed by atoms with Crippen molar-refractivity contribution in [3.05, 3.63) is 54.4 Å². The molecule has 3 aromatic rings. The van der Waals surface area contributed by atoms with Crippen molar-refractivity contribution in [3.63, 3.8) is 0 Å². The van der Waals surface area contributed by atoms with Gasteiger partial charge in [-0.2, -0.15) is 0 Å². The van der Waals surface area contributed by atoms with Gasteiger partial charge in [-0.15, -0.1) is 0 Å². The number of aromatic nitrogens is 2. The van der Waals surface area contributed by atoms with E-state index in [0.29, 0.717) is 18.1 Å². The molecule has 3 rings (SSSR count). The van der Waals surface area contributed by atoms with Crippen LogP contribution in [0, 0.1) is 11.8 Å². The minimum atomic E-state index is -2.65. The van der Waals surface area contributed by atoms with E-state index >= 15 is 0 Å². The third kappa shape index (κ3) is 4.59. The van der Waals surface area contributed by atoms with Crippen molar-refractivity contribution in [2.75, 3.05) is 6.61 Å². The van der Waals surface area contributed by atoms with Gasteiger partial charge in [-0.05, 0) is 42.0 Å². The number of para-hydroxylation sites is 1. The van der Waals surface area contributed by atoms with E-state index in [4.69, 9.17) is 4.74 Å². The van der Waals surface area contributed by atoms with Crippen LogP contribution in [0.1, 0.15) is 39.2 Å². The second-order valence-corrected chi connectivity index (χ2v) is 7.34. The highest BCUT2D eigenvalue weighted by molar-refractivity contribution is 5.94. The van der Waals surface area contributed by atoms with Crippen LogP contribution in [0.5, 0.6) is 5.88 Å². The van der Waals surface area contributed by atoms with Crippen molar-refractivity contribution >= 4 is 10.9 Å². The highest BCUT2D eigenvalue weighted by Crippen LogP contribution is 2.34. The topological polar surface area (TPSA) is 35.0 Å². The van der Waals surface area contributed by atoms with Crippen molar-refractivity contribution in [3.8, 4) is 17.0 Å². The first kappa shape index (κ1) is 19.2. The summed E-state index contributed by atoms with van der Waals surface area (Å²) in [4.78, 5) is 8.53. The Kier molecular flexibility index (Phi) is 5.99. The maximum Gasteiger partial charge on any atom is 0.269 e. The van der Waals surface area contributed by atoms with E-state index in [-0.39, 0.29) is 17.4 Å². The fourth-order valence-corrected chi connectivity index (χ4v) is 3.34. The van der Waals surface area contributed by atoms with Gasteiger partial charge in [0.25, 0.3) is 6.43 Å². The summed E-state index contributed by atoms with van der Waals surface area (Å²) in [5.74, 6) is 0.831. The third-order valence-corrected chi connectivity index (χ3v) is 4.45. The van der Waals surface area contributed by atoms with Crippen LogP contribution in [-0.2, 0) is 0 Å². The molecule has 1 atom stereocenters. The smallest absolute Gasteiger partial charge is 0.269 e.